The highest BCUT2D eigenvalue weighted by Gasteiger charge is 2.69. The normalized spacial score (nSPS) is 30.9. The summed E-state index contributed by atoms with van der Waals surface area (Å²) in [4.78, 5) is 67.4. The van der Waals surface area contributed by atoms with Crippen molar-refractivity contribution in [2.75, 3.05) is 14.1 Å². The van der Waals surface area contributed by atoms with Gasteiger partial charge in [-0.2, -0.15) is 5.26 Å². The molecule has 0 bridgehead atoms. The van der Waals surface area contributed by atoms with E-state index in [9.17, 15) is 39.4 Å². The molecule has 37 heavy (non-hydrogen) atoms. The Morgan fingerprint density at radius 1 is 1.19 bits per heavy atom. The van der Waals surface area contributed by atoms with Crippen molar-refractivity contribution in [2.45, 2.75) is 24.5 Å². The number of nitrogens with two attached hydrogens (primary N) is 1. The third-order valence-corrected chi connectivity index (χ3v) is 8.02. The second-order valence-electron chi connectivity index (χ2n) is 10.2. The zero-order chi connectivity index (χ0) is 27.0. The van der Waals surface area contributed by atoms with Crippen molar-refractivity contribution >= 4 is 29.0 Å². The van der Waals surface area contributed by atoms with Crippen LogP contribution in [0.3, 0.4) is 0 Å². The SMILES string of the molecule is CN(C)[C@@H]1C(=O)C(C(N)=O)C(=O)[C@@]2(O)C(=O)C3C(=O)c4c(O)ccc(-n5ccc(C#N)c5)c4C[C@H]3C[C@@H]12. The van der Waals surface area contributed by atoms with Gasteiger partial charge in [0.15, 0.2) is 34.7 Å². The summed E-state index contributed by atoms with van der Waals surface area (Å²) < 4.78 is 1.64. The molecule has 1 aromatic carbocycles. The van der Waals surface area contributed by atoms with Crippen LogP contribution in [0.1, 0.15) is 27.9 Å². The molecule has 1 amide bonds. The van der Waals surface area contributed by atoms with Crippen LogP contribution in [-0.2, 0) is 25.6 Å². The number of carbonyl (C=O) groups excluding carboxylic acids is 5. The average molecular weight is 504 g/mol. The van der Waals surface area contributed by atoms with Gasteiger partial charge in [0, 0.05) is 24.0 Å². The molecular weight excluding hydrogens is 480 g/mol. The summed E-state index contributed by atoms with van der Waals surface area (Å²) in [5, 5.41) is 31.4. The number of aromatic nitrogens is 1. The topological polar surface area (TPSA) is 184 Å². The van der Waals surface area contributed by atoms with Gasteiger partial charge in [-0.1, -0.05) is 0 Å². The number of aromatic hydroxyl groups is 1. The van der Waals surface area contributed by atoms with Crippen LogP contribution in [0.5, 0.6) is 5.75 Å². The van der Waals surface area contributed by atoms with Gasteiger partial charge in [0.2, 0.25) is 5.91 Å². The highest BCUT2D eigenvalue weighted by atomic mass is 16.3. The molecule has 2 aromatic rings. The maximum atomic E-state index is 13.8. The van der Waals surface area contributed by atoms with Gasteiger partial charge in [0.1, 0.15) is 11.8 Å². The van der Waals surface area contributed by atoms with Gasteiger partial charge < -0.3 is 20.5 Å². The molecule has 2 unspecified atom stereocenters. The van der Waals surface area contributed by atoms with Crippen LogP contribution < -0.4 is 5.73 Å². The maximum Gasteiger partial charge on any atom is 0.235 e. The van der Waals surface area contributed by atoms with Gasteiger partial charge >= 0.3 is 0 Å². The van der Waals surface area contributed by atoms with Crippen molar-refractivity contribution in [3.63, 3.8) is 0 Å². The number of aliphatic hydroxyl groups is 1. The summed E-state index contributed by atoms with van der Waals surface area (Å²) in [6.07, 6.45) is 3.30. The standard InChI is InChI=1S/C26H24N4O7/c1-29(2)20-14-8-12-7-13-15(30-6-5-11(9-27)10-30)3-4-16(31)18(13)21(32)17(12)23(34)26(14,37)24(35)19(22(20)33)25(28)36/h3-6,10,12,14,17,19-20,31,37H,7-8H2,1-2H3,(H2,28,36)/t12-,14-,17?,19?,20-,26-/m0/s1. The lowest BCUT2D eigenvalue weighted by Crippen LogP contribution is -2.74. The Bertz CT molecular complexity index is 1450. The van der Waals surface area contributed by atoms with Crippen LogP contribution in [0.2, 0.25) is 0 Å². The fraction of sp³-hybridized carbons (Fsp3) is 0.385. The minimum atomic E-state index is -2.76. The van der Waals surface area contributed by atoms with E-state index < -0.39 is 64.4 Å². The Kier molecular flexibility index (Phi) is 5.44. The zero-order valence-corrected chi connectivity index (χ0v) is 20.0. The van der Waals surface area contributed by atoms with Crippen molar-refractivity contribution in [1.29, 1.82) is 5.26 Å². The summed E-state index contributed by atoms with van der Waals surface area (Å²) >= 11 is 0. The molecule has 3 aliphatic rings. The fourth-order valence-corrected chi connectivity index (χ4v) is 6.44. The number of nitrogens with zero attached hydrogens (tertiary/aromatic N) is 3. The number of primary amides is 1. The summed E-state index contributed by atoms with van der Waals surface area (Å²) in [5.41, 5.74) is 3.83. The number of phenolic OH excluding ortho intramolecular Hbond substituents is 1. The molecule has 5 rings (SSSR count). The number of Topliss-reactive ketones (excluding diaryl/α,β-unsaturated/α-hetero) is 4. The summed E-state index contributed by atoms with van der Waals surface area (Å²) in [6.45, 7) is 0. The first-order valence-corrected chi connectivity index (χ1v) is 11.7. The van der Waals surface area contributed by atoms with Gasteiger partial charge in [-0.15, -0.1) is 0 Å². The molecule has 0 spiro atoms. The first-order chi connectivity index (χ1) is 17.4. The summed E-state index contributed by atoms with van der Waals surface area (Å²) in [7, 11) is 3.06. The van der Waals surface area contributed by atoms with Gasteiger partial charge in [0.25, 0.3) is 0 Å². The number of hydrogen-bond acceptors (Lipinski definition) is 9. The number of carbonyl (C=O) groups is 5. The van der Waals surface area contributed by atoms with E-state index in [-0.39, 0.29) is 24.2 Å². The molecule has 3 aliphatic carbocycles. The second-order valence-corrected chi connectivity index (χ2v) is 10.2. The highest BCUT2D eigenvalue weighted by molar-refractivity contribution is 6.32. The molecule has 1 aromatic heterocycles. The van der Waals surface area contributed by atoms with Crippen molar-refractivity contribution in [1.82, 2.24) is 9.47 Å². The summed E-state index contributed by atoms with van der Waals surface area (Å²) in [5.74, 6) is -10.9. The number of nitriles is 1. The first-order valence-electron chi connectivity index (χ1n) is 11.7. The number of benzene rings is 1. The number of phenols is 1. The minimum Gasteiger partial charge on any atom is -0.507 e. The van der Waals surface area contributed by atoms with E-state index in [1.165, 1.54) is 25.1 Å². The molecule has 11 nitrogen and oxygen atoms in total. The Morgan fingerprint density at radius 3 is 2.49 bits per heavy atom. The van der Waals surface area contributed by atoms with Gasteiger partial charge in [0.05, 0.1) is 23.1 Å². The summed E-state index contributed by atoms with van der Waals surface area (Å²) in [6, 6.07) is 5.36. The molecule has 4 N–H and O–H groups in total. The van der Waals surface area contributed by atoms with Crippen LogP contribution in [0.25, 0.3) is 5.69 Å². The molecule has 1 heterocycles. The number of hydrogen-bond donors (Lipinski definition) is 3. The van der Waals surface area contributed by atoms with Crippen LogP contribution in [0, 0.1) is 35.0 Å². The van der Waals surface area contributed by atoms with Crippen molar-refractivity contribution in [3.8, 4) is 17.5 Å². The Labute approximate surface area is 211 Å². The van der Waals surface area contributed by atoms with E-state index in [0.717, 1.165) is 0 Å². The average Bonchev–Trinajstić information content (AvgIpc) is 3.30. The number of amides is 1. The highest BCUT2D eigenvalue weighted by Crippen LogP contribution is 2.51. The smallest absolute Gasteiger partial charge is 0.235 e. The molecule has 0 aliphatic heterocycles. The first kappa shape index (κ1) is 24.5. The number of ketones is 4. The lowest BCUT2D eigenvalue weighted by atomic mass is 9.52. The van der Waals surface area contributed by atoms with E-state index in [4.69, 9.17) is 5.73 Å². The van der Waals surface area contributed by atoms with Gasteiger partial charge in [-0.25, -0.2) is 0 Å². The molecule has 11 heteroatoms. The maximum absolute atomic E-state index is 13.8. The van der Waals surface area contributed by atoms with Crippen molar-refractivity contribution in [3.05, 3.63) is 47.3 Å². The van der Waals surface area contributed by atoms with E-state index in [0.29, 0.717) is 16.8 Å². The Morgan fingerprint density at radius 2 is 1.89 bits per heavy atom. The Balaban J connectivity index is 1.66. The molecular formula is C26H24N4O7. The quantitative estimate of drug-likeness (QED) is 0.465. The van der Waals surface area contributed by atoms with Crippen LogP contribution in [0.4, 0.5) is 0 Å². The molecule has 6 atom stereocenters. The predicted molar refractivity (Wildman–Crippen MR) is 125 cm³/mol. The van der Waals surface area contributed by atoms with Gasteiger partial charge in [-0.3, -0.25) is 28.9 Å². The van der Waals surface area contributed by atoms with E-state index in [1.807, 2.05) is 6.07 Å². The Hall–Kier alpha value is -4.14. The molecule has 0 radical (unpaired) electrons. The monoisotopic (exact) mass is 504 g/mol. The van der Waals surface area contributed by atoms with Crippen molar-refractivity contribution in [2.24, 2.45) is 29.4 Å². The second kappa shape index (κ2) is 8.19. The van der Waals surface area contributed by atoms with E-state index in [1.54, 1.807) is 29.1 Å². The zero-order valence-electron chi connectivity index (χ0n) is 20.0. The van der Waals surface area contributed by atoms with Crippen LogP contribution >= 0.6 is 0 Å². The molecule has 2 fully saturated rings. The lowest BCUT2D eigenvalue weighted by Gasteiger charge is -2.52. The number of rotatable bonds is 3. The number of likely N-dealkylation sites (N-methyl/N-ethyl adjacent to an activating group) is 1. The van der Waals surface area contributed by atoms with Crippen molar-refractivity contribution < 1.29 is 34.2 Å². The fourth-order valence-electron chi connectivity index (χ4n) is 6.44. The molecule has 0 saturated heterocycles. The molecule has 2 saturated carbocycles. The predicted octanol–water partition coefficient (Wildman–Crippen LogP) is -0.471. The third-order valence-electron chi connectivity index (χ3n) is 8.02. The van der Waals surface area contributed by atoms with E-state index >= 15 is 0 Å². The van der Waals surface area contributed by atoms with Crippen LogP contribution in [-0.4, -0.2) is 74.5 Å². The lowest BCUT2D eigenvalue weighted by molar-refractivity contribution is -0.181. The molecule has 190 valence electrons. The van der Waals surface area contributed by atoms with Crippen LogP contribution in [0.15, 0.2) is 30.6 Å². The van der Waals surface area contributed by atoms with E-state index in [2.05, 4.69) is 0 Å². The van der Waals surface area contributed by atoms with Gasteiger partial charge in [-0.05, 0) is 56.6 Å². The minimum absolute atomic E-state index is 0.0336. The number of fused-ring (bicyclic) bond motifs is 3. The largest absolute Gasteiger partial charge is 0.507 e. The third kappa shape index (κ3) is 3.22.